The molecule has 1 fully saturated rings. The van der Waals surface area contributed by atoms with Gasteiger partial charge in [0, 0.05) is 12.8 Å². The Morgan fingerprint density at radius 1 is 0.656 bits per heavy atom. The van der Waals surface area contributed by atoms with Crippen LogP contribution in [0.2, 0.25) is 0 Å². The monoisotopic (exact) mass is 481 g/mol. The van der Waals surface area contributed by atoms with Gasteiger partial charge in [0.25, 0.3) is 0 Å². The number of hydrogen-bond acceptors (Lipinski definition) is 2. The van der Waals surface area contributed by atoms with Crippen LogP contribution in [0.4, 0.5) is 0 Å². The van der Waals surface area contributed by atoms with Gasteiger partial charge in [-0.25, -0.2) is 0 Å². The van der Waals surface area contributed by atoms with Gasteiger partial charge in [0.05, 0.1) is 39.4 Å². The molecule has 0 aliphatic carbocycles. The van der Waals surface area contributed by atoms with E-state index in [1.54, 1.807) is 0 Å². The second-order valence-electron chi connectivity index (χ2n) is 8.66. The highest BCUT2D eigenvalue weighted by atomic mass is 35.5. The number of ether oxygens (including phenoxy) is 2. The molecule has 1 aliphatic rings. The predicted octanol–water partition coefficient (Wildman–Crippen LogP) is 3.48. The summed E-state index contributed by atoms with van der Waals surface area (Å²) >= 11 is 0. The van der Waals surface area contributed by atoms with Crippen LogP contribution in [-0.4, -0.2) is 43.9 Å². The molecule has 1 aliphatic heterocycles. The largest absolute Gasteiger partial charge is 1.00 e. The Balaban J connectivity index is 0.00000256. The third-order valence-electron chi connectivity index (χ3n) is 6.43. The number of aryl methyl sites for hydroxylation is 2. The van der Waals surface area contributed by atoms with Crippen LogP contribution < -0.4 is 21.9 Å². The maximum atomic E-state index is 5.57. The first-order valence-corrected chi connectivity index (χ1v) is 12.0. The third kappa shape index (κ3) is 9.21. The highest BCUT2D eigenvalue weighted by Crippen LogP contribution is 2.23. The zero-order valence-corrected chi connectivity index (χ0v) is 21.4. The second kappa shape index (κ2) is 15.4. The fourth-order valence-corrected chi connectivity index (χ4v) is 4.82. The van der Waals surface area contributed by atoms with Crippen LogP contribution in [0.15, 0.2) is 48.5 Å². The van der Waals surface area contributed by atoms with Gasteiger partial charge < -0.3 is 26.4 Å². The predicted molar refractivity (Wildman–Crippen MR) is 133 cm³/mol. The lowest BCUT2D eigenvalue weighted by molar-refractivity contribution is -0.932. The van der Waals surface area contributed by atoms with E-state index in [4.69, 9.17) is 9.47 Å². The number of benzene rings is 2. The summed E-state index contributed by atoms with van der Waals surface area (Å²) in [7, 11) is 0. The average molecular weight is 483 g/mol. The van der Waals surface area contributed by atoms with Gasteiger partial charge in [0.15, 0.2) is 0 Å². The van der Waals surface area contributed by atoms with Crippen molar-refractivity contribution >= 4 is 12.4 Å². The first-order valence-electron chi connectivity index (χ1n) is 12.0. The Bertz CT molecular complexity index is 671. The molecule has 32 heavy (non-hydrogen) atoms. The minimum Gasteiger partial charge on any atom is -1.00 e. The molecular formula is C27H41Cl2NO2. The van der Waals surface area contributed by atoms with Crippen molar-refractivity contribution in [3.63, 3.8) is 0 Å². The maximum Gasteiger partial charge on any atom is 0.119 e. The average Bonchev–Trinajstić information content (AvgIpc) is 2.77. The molecule has 0 radical (unpaired) electrons. The molecule has 5 heteroatoms. The molecular weight excluding hydrogens is 441 g/mol. The summed E-state index contributed by atoms with van der Waals surface area (Å²) in [5.41, 5.74) is 2.87. The second-order valence-corrected chi connectivity index (χ2v) is 8.66. The first-order chi connectivity index (χ1) is 14.7. The number of halogens is 2. The van der Waals surface area contributed by atoms with E-state index in [0.717, 1.165) is 24.7 Å². The first kappa shape index (κ1) is 28.6. The van der Waals surface area contributed by atoms with Crippen molar-refractivity contribution < 1.29 is 26.4 Å². The van der Waals surface area contributed by atoms with Crippen molar-refractivity contribution in [3.8, 4) is 11.5 Å². The Morgan fingerprint density at radius 2 is 1.06 bits per heavy atom. The molecule has 1 saturated heterocycles. The molecule has 0 spiro atoms. The number of rotatable bonds is 12. The van der Waals surface area contributed by atoms with Crippen molar-refractivity contribution in [2.45, 2.75) is 58.8 Å². The fraction of sp³-hybridized carbons (Fsp3) is 0.556. The van der Waals surface area contributed by atoms with E-state index in [0.29, 0.717) is 0 Å². The summed E-state index contributed by atoms with van der Waals surface area (Å²) in [5.74, 6) is 1.96. The van der Waals surface area contributed by atoms with Gasteiger partial charge in [-0.1, -0.05) is 24.3 Å². The van der Waals surface area contributed by atoms with Crippen LogP contribution in [0.1, 0.15) is 57.1 Å². The van der Waals surface area contributed by atoms with Crippen molar-refractivity contribution in [2.24, 2.45) is 0 Å². The van der Waals surface area contributed by atoms with Crippen LogP contribution >= 0.6 is 12.4 Å². The summed E-state index contributed by atoms with van der Waals surface area (Å²) < 4.78 is 12.5. The summed E-state index contributed by atoms with van der Waals surface area (Å²) in [6, 6.07) is 17.4. The van der Waals surface area contributed by atoms with Crippen LogP contribution in [0.5, 0.6) is 11.5 Å². The van der Waals surface area contributed by atoms with E-state index in [-0.39, 0.29) is 24.8 Å². The Kier molecular flexibility index (Phi) is 13.8. The molecule has 180 valence electrons. The normalized spacial score (nSPS) is 14.7. The molecule has 2 aromatic rings. The summed E-state index contributed by atoms with van der Waals surface area (Å²) in [6.45, 7) is 10.9. The zero-order chi connectivity index (χ0) is 21.1. The molecule has 3 rings (SSSR count). The molecule has 0 saturated carbocycles. The molecule has 0 bridgehead atoms. The third-order valence-corrected chi connectivity index (χ3v) is 6.43. The highest BCUT2D eigenvalue weighted by molar-refractivity contribution is 5.85. The highest BCUT2D eigenvalue weighted by Gasteiger charge is 2.28. The van der Waals surface area contributed by atoms with Crippen molar-refractivity contribution in [2.75, 3.05) is 39.4 Å². The minimum absolute atomic E-state index is 0. The Morgan fingerprint density at radius 3 is 1.44 bits per heavy atom. The number of likely N-dealkylation sites (tertiary alicyclic amines) is 1. The molecule has 0 unspecified atom stereocenters. The standard InChI is InChI=1S/C27H40NO2.2ClH/c1-3-29-26-16-12-24(13-17-26)10-8-22-28(20-6-5-7-21-28)23-9-11-25-14-18-27(19-15-25)30-4-2;;/h12-19H,3-11,20-23H2,1-2H3;2*1H/q+1;;/p-1. The van der Waals surface area contributed by atoms with Gasteiger partial charge >= 0.3 is 0 Å². The quantitative estimate of drug-likeness (QED) is 0.432. The van der Waals surface area contributed by atoms with Crippen LogP contribution in [0.25, 0.3) is 0 Å². The molecule has 0 N–H and O–H groups in total. The van der Waals surface area contributed by atoms with Crippen molar-refractivity contribution in [3.05, 3.63) is 59.7 Å². The number of piperidine rings is 1. The van der Waals surface area contributed by atoms with E-state index in [1.165, 1.54) is 86.7 Å². The molecule has 3 nitrogen and oxygen atoms in total. The summed E-state index contributed by atoms with van der Waals surface area (Å²) in [5, 5.41) is 0. The van der Waals surface area contributed by atoms with Crippen LogP contribution in [-0.2, 0) is 12.8 Å². The Labute approximate surface area is 207 Å². The zero-order valence-electron chi connectivity index (χ0n) is 19.9. The number of quaternary nitrogens is 1. The van der Waals surface area contributed by atoms with E-state index in [1.807, 2.05) is 13.8 Å². The van der Waals surface area contributed by atoms with Gasteiger partial charge in [-0.15, -0.1) is 12.4 Å². The number of nitrogens with zero attached hydrogens (tertiary/aromatic N) is 1. The van der Waals surface area contributed by atoms with Gasteiger partial charge in [-0.05, 0) is 81.3 Å². The fourth-order valence-electron chi connectivity index (χ4n) is 4.82. The van der Waals surface area contributed by atoms with Gasteiger partial charge in [-0.2, -0.15) is 0 Å². The summed E-state index contributed by atoms with van der Waals surface area (Å²) in [4.78, 5) is 0. The van der Waals surface area contributed by atoms with Crippen molar-refractivity contribution in [1.82, 2.24) is 0 Å². The maximum absolute atomic E-state index is 5.57. The van der Waals surface area contributed by atoms with E-state index < -0.39 is 0 Å². The van der Waals surface area contributed by atoms with E-state index >= 15 is 0 Å². The lowest BCUT2D eigenvalue weighted by Gasteiger charge is -2.42. The number of hydrogen-bond donors (Lipinski definition) is 0. The van der Waals surface area contributed by atoms with E-state index in [2.05, 4.69) is 48.5 Å². The molecule has 0 atom stereocenters. The summed E-state index contributed by atoms with van der Waals surface area (Å²) in [6.07, 6.45) is 9.10. The van der Waals surface area contributed by atoms with Crippen molar-refractivity contribution in [1.29, 1.82) is 0 Å². The molecule has 2 aromatic carbocycles. The minimum atomic E-state index is 0. The smallest absolute Gasteiger partial charge is 0.119 e. The topological polar surface area (TPSA) is 18.5 Å². The van der Waals surface area contributed by atoms with Gasteiger partial charge in [-0.3, -0.25) is 0 Å². The lowest BCUT2D eigenvalue weighted by atomic mass is 10.0. The SMILES string of the molecule is CCOc1ccc(CCC[N+]2(CCCc3ccc(OCC)cc3)CCCCC2)cc1.Cl.[Cl-]. The molecule has 0 amide bonds. The van der Waals surface area contributed by atoms with E-state index in [9.17, 15) is 0 Å². The molecule has 1 heterocycles. The molecule has 0 aromatic heterocycles. The van der Waals surface area contributed by atoms with Crippen LogP contribution in [0, 0.1) is 0 Å². The van der Waals surface area contributed by atoms with Crippen LogP contribution in [0.3, 0.4) is 0 Å². The van der Waals surface area contributed by atoms with Gasteiger partial charge in [0.1, 0.15) is 11.5 Å². The lowest BCUT2D eigenvalue weighted by Crippen LogP contribution is -3.00. The van der Waals surface area contributed by atoms with Gasteiger partial charge in [0.2, 0.25) is 0 Å². The Hall–Kier alpha value is -1.42.